The van der Waals surface area contributed by atoms with Gasteiger partial charge in [0.15, 0.2) is 0 Å². The Kier molecular flexibility index (Phi) is 3.07. The summed E-state index contributed by atoms with van der Waals surface area (Å²) in [6.07, 6.45) is 2.34. The summed E-state index contributed by atoms with van der Waals surface area (Å²) in [5.41, 5.74) is 4.69. The van der Waals surface area contributed by atoms with Crippen LogP contribution < -0.4 is 10.6 Å². The molecule has 0 bridgehead atoms. The van der Waals surface area contributed by atoms with Crippen LogP contribution in [0.1, 0.15) is 23.5 Å². The lowest BCUT2D eigenvalue weighted by Gasteiger charge is -2.19. The highest BCUT2D eigenvalue weighted by Gasteiger charge is 2.09. The van der Waals surface area contributed by atoms with Crippen LogP contribution in [0.15, 0.2) is 24.3 Å². The molecule has 2 aromatic rings. The molecule has 0 atom stereocenters. The lowest BCUT2D eigenvalue weighted by atomic mass is 10.0. The van der Waals surface area contributed by atoms with E-state index in [4.69, 9.17) is 0 Å². The first-order valence-corrected chi connectivity index (χ1v) is 6.67. The topological polar surface area (TPSA) is 49.8 Å². The van der Waals surface area contributed by atoms with Crippen LogP contribution >= 0.6 is 0 Å². The van der Waals surface area contributed by atoms with Gasteiger partial charge in [0.05, 0.1) is 0 Å². The van der Waals surface area contributed by atoms with Crippen LogP contribution in [0.2, 0.25) is 0 Å². The van der Waals surface area contributed by atoms with Crippen molar-refractivity contribution in [2.24, 2.45) is 0 Å². The molecule has 19 heavy (non-hydrogen) atoms. The smallest absolute Gasteiger partial charge is 0.134 e. The number of anilines is 3. The Morgan fingerprint density at radius 3 is 2.89 bits per heavy atom. The summed E-state index contributed by atoms with van der Waals surface area (Å²) in [6.45, 7) is 4.97. The molecule has 0 fully saturated rings. The molecule has 0 spiro atoms. The molecule has 0 unspecified atom stereocenters. The third kappa shape index (κ3) is 2.67. The fourth-order valence-electron chi connectivity index (χ4n) is 2.48. The highest BCUT2D eigenvalue weighted by molar-refractivity contribution is 5.64. The van der Waals surface area contributed by atoms with E-state index in [-0.39, 0.29) is 0 Å². The van der Waals surface area contributed by atoms with E-state index in [1.165, 1.54) is 17.7 Å². The van der Waals surface area contributed by atoms with Crippen LogP contribution in [0.3, 0.4) is 0 Å². The van der Waals surface area contributed by atoms with E-state index in [2.05, 4.69) is 38.8 Å². The molecule has 0 amide bonds. The van der Waals surface area contributed by atoms with Gasteiger partial charge in [-0.2, -0.15) is 0 Å². The highest BCUT2D eigenvalue weighted by Crippen LogP contribution is 2.26. The Morgan fingerprint density at radius 2 is 2.05 bits per heavy atom. The largest absolute Gasteiger partial charge is 0.385 e. The van der Waals surface area contributed by atoms with E-state index in [1.807, 2.05) is 19.9 Å². The Bertz CT molecular complexity index is 587. The molecule has 4 nitrogen and oxygen atoms in total. The summed E-state index contributed by atoms with van der Waals surface area (Å²) in [7, 11) is 0. The van der Waals surface area contributed by atoms with Gasteiger partial charge >= 0.3 is 0 Å². The predicted molar refractivity (Wildman–Crippen MR) is 78.0 cm³/mol. The number of hydrogen-bond donors (Lipinski definition) is 2. The number of benzene rings is 1. The van der Waals surface area contributed by atoms with E-state index >= 15 is 0 Å². The van der Waals surface area contributed by atoms with Gasteiger partial charge in [0.2, 0.25) is 0 Å². The van der Waals surface area contributed by atoms with E-state index in [0.29, 0.717) is 0 Å². The SMILES string of the molecule is Cc1cc(Nc2ccc3c(c2)CCCN3)nc(C)n1. The predicted octanol–water partition coefficient (Wildman–Crippen LogP) is 3.20. The molecule has 0 saturated heterocycles. The molecule has 3 rings (SSSR count). The minimum atomic E-state index is 0.794. The lowest BCUT2D eigenvalue weighted by Crippen LogP contribution is -2.11. The van der Waals surface area contributed by atoms with Gasteiger partial charge in [-0.15, -0.1) is 0 Å². The van der Waals surface area contributed by atoms with Crippen molar-refractivity contribution in [1.29, 1.82) is 0 Å². The number of nitrogens with zero attached hydrogens (tertiary/aromatic N) is 2. The molecule has 1 aromatic carbocycles. The molecule has 2 N–H and O–H groups in total. The zero-order valence-corrected chi connectivity index (χ0v) is 11.3. The summed E-state index contributed by atoms with van der Waals surface area (Å²) < 4.78 is 0. The highest BCUT2D eigenvalue weighted by atomic mass is 15.0. The van der Waals surface area contributed by atoms with Gasteiger partial charge in [0, 0.05) is 29.7 Å². The van der Waals surface area contributed by atoms with Crippen molar-refractivity contribution in [2.45, 2.75) is 26.7 Å². The number of hydrogen-bond acceptors (Lipinski definition) is 4. The normalized spacial score (nSPS) is 13.6. The van der Waals surface area contributed by atoms with Crippen molar-refractivity contribution >= 4 is 17.2 Å². The van der Waals surface area contributed by atoms with Gasteiger partial charge in [-0.1, -0.05) is 0 Å². The summed E-state index contributed by atoms with van der Waals surface area (Å²) in [6, 6.07) is 8.39. The van der Waals surface area contributed by atoms with Gasteiger partial charge in [0.25, 0.3) is 0 Å². The maximum absolute atomic E-state index is 4.40. The average Bonchev–Trinajstić information content (AvgIpc) is 2.37. The van der Waals surface area contributed by atoms with Crippen LogP contribution in [0.4, 0.5) is 17.2 Å². The molecular weight excluding hydrogens is 236 g/mol. The van der Waals surface area contributed by atoms with Gasteiger partial charge in [-0.25, -0.2) is 9.97 Å². The molecule has 2 heterocycles. The average molecular weight is 254 g/mol. The maximum atomic E-state index is 4.40. The first-order chi connectivity index (χ1) is 9.20. The number of aryl methyl sites for hydroxylation is 3. The van der Waals surface area contributed by atoms with Gasteiger partial charge in [-0.05, 0) is 50.5 Å². The van der Waals surface area contributed by atoms with Crippen molar-refractivity contribution in [1.82, 2.24) is 9.97 Å². The van der Waals surface area contributed by atoms with E-state index < -0.39 is 0 Å². The first-order valence-electron chi connectivity index (χ1n) is 6.67. The molecule has 1 aliphatic heterocycles. The molecule has 1 aliphatic rings. The van der Waals surface area contributed by atoms with Crippen LogP contribution in [-0.4, -0.2) is 16.5 Å². The first kappa shape index (κ1) is 12.0. The van der Waals surface area contributed by atoms with E-state index in [9.17, 15) is 0 Å². The lowest BCUT2D eigenvalue weighted by molar-refractivity contribution is 0.830. The molecule has 0 radical (unpaired) electrons. The minimum absolute atomic E-state index is 0.794. The van der Waals surface area contributed by atoms with Crippen LogP contribution in [0.5, 0.6) is 0 Å². The van der Waals surface area contributed by atoms with Crippen molar-refractivity contribution in [3.8, 4) is 0 Å². The second kappa shape index (κ2) is 4.88. The fraction of sp³-hybridized carbons (Fsp3) is 0.333. The van der Waals surface area contributed by atoms with E-state index in [0.717, 1.165) is 36.0 Å². The third-order valence-corrected chi connectivity index (χ3v) is 3.28. The number of nitrogens with one attached hydrogen (secondary N) is 2. The second-order valence-corrected chi connectivity index (χ2v) is 4.97. The molecule has 0 saturated carbocycles. The van der Waals surface area contributed by atoms with Crippen LogP contribution in [0, 0.1) is 13.8 Å². The molecular formula is C15H18N4. The van der Waals surface area contributed by atoms with E-state index in [1.54, 1.807) is 0 Å². The van der Waals surface area contributed by atoms with Gasteiger partial charge in [-0.3, -0.25) is 0 Å². The van der Waals surface area contributed by atoms with Crippen molar-refractivity contribution in [2.75, 3.05) is 17.2 Å². The maximum Gasteiger partial charge on any atom is 0.134 e. The number of fused-ring (bicyclic) bond motifs is 1. The molecule has 98 valence electrons. The summed E-state index contributed by atoms with van der Waals surface area (Å²) >= 11 is 0. The molecule has 4 heteroatoms. The monoisotopic (exact) mass is 254 g/mol. The van der Waals surface area contributed by atoms with Crippen molar-refractivity contribution < 1.29 is 0 Å². The van der Waals surface area contributed by atoms with Crippen LogP contribution in [-0.2, 0) is 6.42 Å². The third-order valence-electron chi connectivity index (χ3n) is 3.28. The number of aromatic nitrogens is 2. The zero-order chi connectivity index (χ0) is 13.2. The summed E-state index contributed by atoms with van der Waals surface area (Å²) in [4.78, 5) is 8.69. The van der Waals surface area contributed by atoms with Crippen molar-refractivity contribution in [3.63, 3.8) is 0 Å². The standard InChI is InChI=1S/C15H18N4/c1-10-8-15(18-11(2)17-10)19-13-5-6-14-12(9-13)4-3-7-16-14/h5-6,8-9,16H,3-4,7H2,1-2H3,(H,17,18,19). The summed E-state index contributed by atoms with van der Waals surface area (Å²) in [5.74, 6) is 1.65. The van der Waals surface area contributed by atoms with Crippen LogP contribution in [0.25, 0.3) is 0 Å². The second-order valence-electron chi connectivity index (χ2n) is 4.97. The molecule has 1 aromatic heterocycles. The quantitative estimate of drug-likeness (QED) is 0.864. The minimum Gasteiger partial charge on any atom is -0.385 e. The Hall–Kier alpha value is -2.10. The van der Waals surface area contributed by atoms with Gasteiger partial charge in [0.1, 0.15) is 11.6 Å². The number of rotatable bonds is 2. The summed E-state index contributed by atoms with van der Waals surface area (Å²) in [5, 5.41) is 6.78. The Morgan fingerprint density at radius 1 is 1.16 bits per heavy atom. The zero-order valence-electron chi connectivity index (χ0n) is 11.3. The fourth-order valence-corrected chi connectivity index (χ4v) is 2.48. The molecule has 0 aliphatic carbocycles. The van der Waals surface area contributed by atoms with Crippen molar-refractivity contribution in [3.05, 3.63) is 41.3 Å². The van der Waals surface area contributed by atoms with Gasteiger partial charge < -0.3 is 10.6 Å². The Labute approximate surface area is 113 Å². The Balaban J connectivity index is 1.86.